The second kappa shape index (κ2) is 8.06. The zero-order valence-electron chi connectivity index (χ0n) is 21.0. The Kier molecular flexibility index (Phi) is 4.60. The van der Waals surface area contributed by atoms with Gasteiger partial charge in [0.15, 0.2) is 22.1 Å². The van der Waals surface area contributed by atoms with Gasteiger partial charge in [-0.3, -0.25) is 9.80 Å². The van der Waals surface area contributed by atoms with Crippen LogP contribution in [0.25, 0.3) is 33.1 Å². The summed E-state index contributed by atoms with van der Waals surface area (Å²) in [7, 11) is 0. The minimum Gasteiger partial charge on any atom is -0.478 e. The molecule has 0 bridgehead atoms. The SMILES string of the molecule is O=C(O)c1ccc2c(c1)n1c(N3CCCC3)[n+]3ccccc3c1c1c3cccc[n+]3c(N3CCOCC3)n21. The molecule has 9 heteroatoms. The monoisotopic (exact) mass is 508 g/mol. The molecule has 7 heterocycles. The minimum absolute atomic E-state index is 0.283. The number of fused-ring (bicyclic) bond motifs is 10. The number of hydrogen-bond acceptors (Lipinski definition) is 4. The Morgan fingerprint density at radius 2 is 1.32 bits per heavy atom. The maximum absolute atomic E-state index is 12.2. The van der Waals surface area contributed by atoms with Crippen LogP contribution in [-0.4, -0.2) is 59.3 Å². The zero-order chi connectivity index (χ0) is 25.4. The molecular formula is C29H28N6O3+2. The molecule has 2 saturated heterocycles. The van der Waals surface area contributed by atoms with Crippen LogP contribution in [0.15, 0.2) is 67.0 Å². The predicted molar refractivity (Wildman–Crippen MR) is 144 cm³/mol. The van der Waals surface area contributed by atoms with Gasteiger partial charge in [0.1, 0.15) is 11.0 Å². The van der Waals surface area contributed by atoms with Crippen molar-refractivity contribution in [2.75, 3.05) is 49.2 Å². The van der Waals surface area contributed by atoms with Crippen molar-refractivity contribution in [3.8, 4) is 0 Å². The van der Waals surface area contributed by atoms with Crippen LogP contribution in [0.3, 0.4) is 0 Å². The van der Waals surface area contributed by atoms with Crippen LogP contribution in [-0.2, 0) is 4.74 Å². The number of hydrogen-bond donors (Lipinski definition) is 1. The Morgan fingerprint density at radius 1 is 0.737 bits per heavy atom. The van der Waals surface area contributed by atoms with E-state index < -0.39 is 5.97 Å². The number of carboxylic acid groups (broad SMARTS) is 1. The lowest BCUT2D eigenvalue weighted by Crippen LogP contribution is -2.42. The van der Waals surface area contributed by atoms with Crippen LogP contribution in [0.2, 0.25) is 0 Å². The van der Waals surface area contributed by atoms with Gasteiger partial charge >= 0.3 is 17.9 Å². The number of anilines is 2. The van der Waals surface area contributed by atoms with Crippen LogP contribution in [0, 0.1) is 0 Å². The van der Waals surface area contributed by atoms with Gasteiger partial charge in [0.2, 0.25) is 0 Å². The Morgan fingerprint density at radius 3 is 1.92 bits per heavy atom. The summed E-state index contributed by atoms with van der Waals surface area (Å²) in [5.41, 5.74) is 6.53. The van der Waals surface area contributed by atoms with Crippen LogP contribution in [0.5, 0.6) is 0 Å². The van der Waals surface area contributed by atoms with Crippen molar-refractivity contribution < 1.29 is 23.4 Å². The molecule has 8 rings (SSSR count). The number of rotatable bonds is 3. The molecule has 2 aliphatic rings. The van der Waals surface area contributed by atoms with Gasteiger partial charge in [-0.2, -0.15) is 8.80 Å². The molecule has 6 aromatic rings. The average molecular weight is 509 g/mol. The number of morpholine rings is 1. The number of carbonyl (C=O) groups is 1. The van der Waals surface area contributed by atoms with E-state index in [2.05, 4.69) is 76.2 Å². The van der Waals surface area contributed by atoms with Gasteiger partial charge in [-0.25, -0.2) is 13.6 Å². The number of carboxylic acids is 1. The standard InChI is InChI=1S/C29H27N6O3/c36-27(37)20-9-10-21-24(19-20)35-26(23-8-2-3-13-32(23)28(35)30-11-5-6-12-30)25-22-7-1-4-14-33(22)29(34(21)25)31-15-17-38-18-16-31/h1-4,7-10,13-14,19H,5-6,11-12,15-18H2/q+1/p+1. The topological polar surface area (TPSA) is 70.0 Å². The Balaban J connectivity index is 1.67. The Hall–Kier alpha value is -4.37. The van der Waals surface area contributed by atoms with Crippen molar-refractivity contribution in [3.63, 3.8) is 0 Å². The van der Waals surface area contributed by atoms with Gasteiger partial charge in [0, 0.05) is 0 Å². The first-order valence-corrected chi connectivity index (χ1v) is 13.3. The molecule has 1 N–H and O–H groups in total. The van der Waals surface area contributed by atoms with Gasteiger partial charge < -0.3 is 9.84 Å². The van der Waals surface area contributed by atoms with Crippen LogP contribution in [0.4, 0.5) is 11.9 Å². The van der Waals surface area contributed by atoms with E-state index in [-0.39, 0.29) is 5.56 Å². The van der Waals surface area contributed by atoms with Crippen molar-refractivity contribution >= 4 is 51.0 Å². The van der Waals surface area contributed by atoms with E-state index in [9.17, 15) is 9.90 Å². The van der Waals surface area contributed by atoms with Crippen molar-refractivity contribution in [1.29, 1.82) is 0 Å². The number of pyridine rings is 2. The highest BCUT2D eigenvalue weighted by atomic mass is 16.5. The van der Waals surface area contributed by atoms with E-state index in [1.807, 2.05) is 12.1 Å². The molecule has 0 aliphatic carbocycles. The highest BCUT2D eigenvalue weighted by Crippen LogP contribution is 2.35. The lowest BCUT2D eigenvalue weighted by molar-refractivity contribution is -0.498. The summed E-state index contributed by atoms with van der Waals surface area (Å²) < 4.78 is 14.9. The zero-order valence-corrected chi connectivity index (χ0v) is 21.0. The molecule has 2 aliphatic heterocycles. The third-order valence-corrected chi connectivity index (χ3v) is 8.09. The smallest absolute Gasteiger partial charge is 0.370 e. The largest absolute Gasteiger partial charge is 0.478 e. The molecule has 38 heavy (non-hydrogen) atoms. The Labute approximate surface area is 217 Å². The molecule has 0 amide bonds. The number of aromatic carboxylic acids is 1. The van der Waals surface area contributed by atoms with E-state index in [1.54, 1.807) is 6.07 Å². The fourth-order valence-corrected chi connectivity index (χ4v) is 6.47. The van der Waals surface area contributed by atoms with Gasteiger partial charge in [0.25, 0.3) is 0 Å². The predicted octanol–water partition coefficient (Wildman–Crippen LogP) is 2.96. The van der Waals surface area contributed by atoms with Crippen molar-refractivity contribution in [2.24, 2.45) is 0 Å². The molecule has 0 radical (unpaired) electrons. The molecule has 0 atom stereocenters. The third kappa shape index (κ3) is 2.87. The number of ether oxygens (including phenoxy) is 1. The summed E-state index contributed by atoms with van der Waals surface area (Å²) in [6.45, 7) is 4.88. The van der Waals surface area contributed by atoms with Crippen LogP contribution >= 0.6 is 0 Å². The highest BCUT2D eigenvalue weighted by Gasteiger charge is 2.37. The molecular weight excluding hydrogens is 480 g/mol. The van der Waals surface area contributed by atoms with Crippen molar-refractivity contribution in [3.05, 3.63) is 72.6 Å². The second-order valence-corrected chi connectivity index (χ2v) is 10.2. The molecule has 9 nitrogen and oxygen atoms in total. The molecule has 0 spiro atoms. The first-order chi connectivity index (χ1) is 18.7. The number of benzene rings is 1. The first-order valence-electron chi connectivity index (χ1n) is 13.3. The van der Waals surface area contributed by atoms with Gasteiger partial charge in [-0.05, 0) is 55.3 Å². The van der Waals surface area contributed by atoms with E-state index in [0.29, 0.717) is 13.2 Å². The van der Waals surface area contributed by atoms with Crippen molar-refractivity contribution in [1.82, 2.24) is 8.80 Å². The first kappa shape index (κ1) is 21.7. The quantitative estimate of drug-likeness (QED) is 0.373. The van der Waals surface area contributed by atoms with E-state index in [4.69, 9.17) is 4.74 Å². The third-order valence-electron chi connectivity index (χ3n) is 8.09. The summed E-state index contributed by atoms with van der Waals surface area (Å²) in [6, 6.07) is 18.2. The summed E-state index contributed by atoms with van der Waals surface area (Å²) in [6.07, 6.45) is 6.54. The van der Waals surface area contributed by atoms with E-state index in [0.717, 1.165) is 84.0 Å². The summed E-state index contributed by atoms with van der Waals surface area (Å²) >= 11 is 0. The molecule has 0 saturated carbocycles. The van der Waals surface area contributed by atoms with Gasteiger partial charge in [-0.15, -0.1) is 0 Å². The van der Waals surface area contributed by atoms with E-state index in [1.165, 1.54) is 0 Å². The number of imidazole rings is 2. The van der Waals surface area contributed by atoms with E-state index >= 15 is 0 Å². The summed E-state index contributed by atoms with van der Waals surface area (Å²) in [5.74, 6) is 1.21. The maximum Gasteiger partial charge on any atom is 0.370 e. The molecule has 5 aromatic heterocycles. The minimum atomic E-state index is -0.923. The van der Waals surface area contributed by atoms with Crippen LogP contribution in [0.1, 0.15) is 23.2 Å². The fraction of sp³-hybridized carbons (Fsp3) is 0.276. The van der Waals surface area contributed by atoms with Crippen LogP contribution < -0.4 is 18.6 Å². The number of aromatic nitrogens is 4. The second-order valence-electron chi connectivity index (χ2n) is 10.2. The Bertz CT molecular complexity index is 1910. The summed E-state index contributed by atoms with van der Waals surface area (Å²) in [4.78, 5) is 17.0. The van der Waals surface area contributed by atoms with Gasteiger partial charge in [0.05, 0.1) is 57.3 Å². The summed E-state index contributed by atoms with van der Waals surface area (Å²) in [5, 5.41) is 9.97. The normalized spacial score (nSPS) is 16.6. The lowest BCUT2D eigenvalue weighted by atomic mass is 10.1. The molecule has 0 unspecified atom stereocenters. The molecule has 190 valence electrons. The van der Waals surface area contributed by atoms with Crippen molar-refractivity contribution in [2.45, 2.75) is 12.8 Å². The average Bonchev–Trinajstić information content (AvgIpc) is 3.68. The molecule has 2 fully saturated rings. The molecule has 1 aromatic carbocycles. The highest BCUT2D eigenvalue weighted by molar-refractivity contribution is 6.05. The fourth-order valence-electron chi connectivity index (χ4n) is 6.47. The maximum atomic E-state index is 12.2. The lowest BCUT2D eigenvalue weighted by Gasteiger charge is -2.22. The van der Waals surface area contributed by atoms with Gasteiger partial charge in [-0.1, -0.05) is 12.1 Å². The number of nitrogens with zero attached hydrogens (tertiary/aromatic N) is 6.